The zero-order chi connectivity index (χ0) is 9.84. The molecule has 5 heteroatoms. The number of nitrogens with zero attached hydrogens (tertiary/aromatic N) is 5. The summed E-state index contributed by atoms with van der Waals surface area (Å²) in [6.07, 6.45) is 3.18. The first-order chi connectivity index (χ1) is 6.15. The third-order valence-corrected chi connectivity index (χ3v) is 1.43. The second kappa shape index (κ2) is 3.72. The summed E-state index contributed by atoms with van der Waals surface area (Å²) in [5.74, 6) is 0.457. The summed E-state index contributed by atoms with van der Waals surface area (Å²) in [4.78, 5) is 9.81. The fraction of sp³-hybridized carbons (Fsp3) is 0.375. The minimum atomic E-state index is 0.457. The van der Waals surface area contributed by atoms with Crippen molar-refractivity contribution in [3.63, 3.8) is 0 Å². The van der Waals surface area contributed by atoms with Crippen molar-refractivity contribution in [3.8, 4) is 6.07 Å². The molecule has 0 radical (unpaired) electrons. The van der Waals surface area contributed by atoms with E-state index in [0.717, 1.165) is 0 Å². The molecule has 0 unspecified atom stereocenters. The Balaban J connectivity index is 2.97. The van der Waals surface area contributed by atoms with E-state index in [2.05, 4.69) is 9.98 Å². The molecule has 68 valence electrons. The standard InChI is InChI=1S/C8H11N5/c1-12(2)5-10-8-7(4-9)13(3)6-11-8/h5-6H,1-3H3/b10-5-. The maximum Gasteiger partial charge on any atom is 0.190 e. The zero-order valence-electron chi connectivity index (χ0n) is 7.89. The van der Waals surface area contributed by atoms with Crippen molar-refractivity contribution >= 4 is 12.2 Å². The number of hydrogen-bond acceptors (Lipinski definition) is 3. The van der Waals surface area contributed by atoms with Gasteiger partial charge in [-0.2, -0.15) is 5.26 Å². The smallest absolute Gasteiger partial charge is 0.190 e. The van der Waals surface area contributed by atoms with Gasteiger partial charge in [-0.05, 0) is 0 Å². The molecule has 0 aliphatic carbocycles. The molecule has 1 rings (SSSR count). The highest BCUT2D eigenvalue weighted by atomic mass is 15.1. The third-order valence-electron chi connectivity index (χ3n) is 1.43. The van der Waals surface area contributed by atoms with Gasteiger partial charge in [0.15, 0.2) is 11.5 Å². The quantitative estimate of drug-likeness (QED) is 0.488. The van der Waals surface area contributed by atoms with Crippen molar-refractivity contribution in [2.75, 3.05) is 14.1 Å². The van der Waals surface area contributed by atoms with Gasteiger partial charge in [-0.25, -0.2) is 9.98 Å². The van der Waals surface area contributed by atoms with Crippen LogP contribution in [0.25, 0.3) is 0 Å². The van der Waals surface area contributed by atoms with Crippen LogP contribution in [0.1, 0.15) is 5.69 Å². The summed E-state index contributed by atoms with van der Waals surface area (Å²) in [6.45, 7) is 0. The number of aryl methyl sites for hydroxylation is 1. The summed E-state index contributed by atoms with van der Waals surface area (Å²) >= 11 is 0. The highest BCUT2D eigenvalue weighted by Crippen LogP contribution is 2.13. The summed E-state index contributed by atoms with van der Waals surface area (Å²) in [5, 5.41) is 8.76. The lowest BCUT2D eigenvalue weighted by atomic mass is 10.5. The van der Waals surface area contributed by atoms with E-state index in [-0.39, 0.29) is 0 Å². The topological polar surface area (TPSA) is 57.2 Å². The van der Waals surface area contributed by atoms with Crippen LogP contribution in [0.5, 0.6) is 0 Å². The van der Waals surface area contributed by atoms with Crippen LogP contribution in [-0.4, -0.2) is 34.9 Å². The van der Waals surface area contributed by atoms with Gasteiger partial charge in [-0.1, -0.05) is 0 Å². The average molecular weight is 177 g/mol. The minimum Gasteiger partial charge on any atom is -0.369 e. The number of hydrogen-bond donors (Lipinski definition) is 0. The molecule has 0 fully saturated rings. The average Bonchev–Trinajstić information content (AvgIpc) is 2.42. The van der Waals surface area contributed by atoms with Crippen LogP contribution in [0.4, 0.5) is 5.82 Å². The first kappa shape index (κ1) is 9.26. The normalized spacial score (nSPS) is 10.3. The Morgan fingerprint density at radius 3 is 2.92 bits per heavy atom. The van der Waals surface area contributed by atoms with Gasteiger partial charge in [-0.3, -0.25) is 0 Å². The van der Waals surface area contributed by atoms with E-state index >= 15 is 0 Å². The van der Waals surface area contributed by atoms with Crippen LogP contribution in [0.2, 0.25) is 0 Å². The summed E-state index contributed by atoms with van der Waals surface area (Å²) < 4.78 is 1.64. The van der Waals surface area contributed by atoms with Gasteiger partial charge in [0.2, 0.25) is 0 Å². The fourth-order valence-corrected chi connectivity index (χ4v) is 0.811. The molecule has 5 nitrogen and oxygen atoms in total. The first-order valence-corrected chi connectivity index (χ1v) is 3.77. The highest BCUT2D eigenvalue weighted by molar-refractivity contribution is 5.61. The molecule has 0 atom stereocenters. The number of nitriles is 1. The number of imidazole rings is 1. The molecular formula is C8H11N5. The zero-order valence-corrected chi connectivity index (χ0v) is 7.89. The van der Waals surface area contributed by atoms with E-state index < -0.39 is 0 Å². The molecule has 0 amide bonds. The molecule has 0 saturated heterocycles. The van der Waals surface area contributed by atoms with Gasteiger partial charge < -0.3 is 9.47 Å². The minimum absolute atomic E-state index is 0.457. The largest absolute Gasteiger partial charge is 0.369 e. The maximum atomic E-state index is 8.76. The van der Waals surface area contributed by atoms with Crippen LogP contribution in [0, 0.1) is 11.3 Å². The molecule has 0 aliphatic heterocycles. The van der Waals surface area contributed by atoms with Crippen molar-refractivity contribution in [2.24, 2.45) is 12.0 Å². The summed E-state index contributed by atoms with van der Waals surface area (Å²) in [7, 11) is 5.48. The lowest BCUT2D eigenvalue weighted by Crippen LogP contribution is -2.07. The van der Waals surface area contributed by atoms with Crippen LogP contribution >= 0.6 is 0 Å². The Kier molecular flexibility index (Phi) is 2.65. The number of aliphatic imine (C=N–C) groups is 1. The molecular weight excluding hydrogens is 166 g/mol. The van der Waals surface area contributed by atoms with Gasteiger partial charge in [0, 0.05) is 21.1 Å². The molecule has 1 heterocycles. The monoisotopic (exact) mass is 177 g/mol. The van der Waals surface area contributed by atoms with E-state index in [1.165, 1.54) is 0 Å². The number of rotatable bonds is 2. The Morgan fingerprint density at radius 1 is 1.69 bits per heavy atom. The molecule has 0 N–H and O–H groups in total. The molecule has 1 aromatic heterocycles. The Bertz CT molecular complexity index is 355. The fourth-order valence-electron chi connectivity index (χ4n) is 0.811. The van der Waals surface area contributed by atoms with Crippen molar-refractivity contribution in [3.05, 3.63) is 12.0 Å². The van der Waals surface area contributed by atoms with Gasteiger partial charge >= 0.3 is 0 Å². The van der Waals surface area contributed by atoms with E-state index in [0.29, 0.717) is 11.5 Å². The van der Waals surface area contributed by atoms with Gasteiger partial charge in [0.1, 0.15) is 6.07 Å². The highest BCUT2D eigenvalue weighted by Gasteiger charge is 2.05. The van der Waals surface area contributed by atoms with Crippen LogP contribution in [-0.2, 0) is 7.05 Å². The van der Waals surface area contributed by atoms with Crippen molar-refractivity contribution in [1.29, 1.82) is 5.26 Å². The van der Waals surface area contributed by atoms with E-state index in [4.69, 9.17) is 5.26 Å². The molecule has 0 aromatic carbocycles. The Labute approximate surface area is 76.9 Å². The Morgan fingerprint density at radius 2 is 2.38 bits per heavy atom. The van der Waals surface area contributed by atoms with Gasteiger partial charge in [0.25, 0.3) is 0 Å². The van der Waals surface area contributed by atoms with Crippen molar-refractivity contribution in [1.82, 2.24) is 14.5 Å². The van der Waals surface area contributed by atoms with Gasteiger partial charge in [0.05, 0.1) is 12.7 Å². The van der Waals surface area contributed by atoms with E-state index in [1.807, 2.05) is 20.2 Å². The predicted octanol–water partition coefficient (Wildman–Crippen LogP) is 0.513. The van der Waals surface area contributed by atoms with Crippen LogP contribution < -0.4 is 0 Å². The maximum absolute atomic E-state index is 8.76. The number of aromatic nitrogens is 2. The lowest BCUT2D eigenvalue weighted by Gasteiger charge is -2.00. The molecule has 0 saturated carbocycles. The van der Waals surface area contributed by atoms with E-state index in [1.54, 1.807) is 29.2 Å². The van der Waals surface area contributed by atoms with Crippen molar-refractivity contribution < 1.29 is 0 Å². The third kappa shape index (κ3) is 2.06. The van der Waals surface area contributed by atoms with E-state index in [9.17, 15) is 0 Å². The first-order valence-electron chi connectivity index (χ1n) is 3.77. The molecule has 13 heavy (non-hydrogen) atoms. The molecule has 0 spiro atoms. The lowest BCUT2D eigenvalue weighted by molar-refractivity contribution is 0.643. The Hall–Kier alpha value is -1.83. The summed E-state index contributed by atoms with van der Waals surface area (Å²) in [6, 6.07) is 2.04. The van der Waals surface area contributed by atoms with Crippen LogP contribution in [0.3, 0.4) is 0 Å². The predicted molar refractivity (Wildman–Crippen MR) is 49.8 cm³/mol. The van der Waals surface area contributed by atoms with Gasteiger partial charge in [-0.15, -0.1) is 0 Å². The molecule has 0 bridgehead atoms. The second-order valence-corrected chi connectivity index (χ2v) is 2.85. The van der Waals surface area contributed by atoms with Crippen molar-refractivity contribution in [2.45, 2.75) is 0 Å². The molecule has 0 aliphatic rings. The molecule has 1 aromatic rings. The van der Waals surface area contributed by atoms with Crippen LogP contribution in [0.15, 0.2) is 11.3 Å². The SMILES string of the molecule is CN(C)/C=N\c1ncn(C)c1C#N. The summed E-state index contributed by atoms with van der Waals surface area (Å²) in [5.41, 5.74) is 0.470. The second-order valence-electron chi connectivity index (χ2n) is 2.85.